The molecule has 0 fully saturated rings. The van der Waals surface area contributed by atoms with Crippen molar-refractivity contribution in [2.75, 3.05) is 0 Å². The second kappa shape index (κ2) is 4.40. The molecule has 74 valence electrons. The molecule has 1 unspecified atom stereocenters. The molecule has 0 aromatic heterocycles. The molecule has 0 aliphatic rings. The van der Waals surface area contributed by atoms with Gasteiger partial charge in [0.1, 0.15) is 11.9 Å². The molecular formula is C11H10ClFO. The summed E-state index contributed by atoms with van der Waals surface area (Å²) in [4.78, 5) is 0. The molecule has 1 aromatic rings. The summed E-state index contributed by atoms with van der Waals surface area (Å²) in [6.07, 6.45) is 0.288. The molecule has 0 bridgehead atoms. The van der Waals surface area contributed by atoms with E-state index in [-0.39, 0.29) is 5.56 Å². The molecule has 1 nitrogen and oxygen atoms in total. The number of benzene rings is 1. The summed E-state index contributed by atoms with van der Waals surface area (Å²) in [6, 6.07) is 4.00. The number of halogens is 2. The average molecular weight is 213 g/mol. The molecule has 0 spiro atoms. The summed E-state index contributed by atoms with van der Waals surface area (Å²) in [5.74, 6) is -0.509. The highest BCUT2D eigenvalue weighted by Gasteiger charge is 2.14. The highest BCUT2D eigenvalue weighted by molar-refractivity contribution is 6.30. The lowest BCUT2D eigenvalue weighted by Crippen LogP contribution is -2.01. The second-order valence-corrected chi connectivity index (χ2v) is 3.28. The lowest BCUT2D eigenvalue weighted by molar-refractivity contribution is 0.215. The second-order valence-electron chi connectivity index (χ2n) is 2.85. The van der Waals surface area contributed by atoms with Gasteiger partial charge in [-0.25, -0.2) is 4.39 Å². The minimum atomic E-state index is -1.09. The van der Waals surface area contributed by atoms with E-state index in [1.54, 1.807) is 0 Å². The van der Waals surface area contributed by atoms with Crippen molar-refractivity contribution in [3.63, 3.8) is 0 Å². The molecule has 0 saturated heterocycles. The fourth-order valence-corrected chi connectivity index (χ4v) is 1.22. The van der Waals surface area contributed by atoms with Gasteiger partial charge in [0.15, 0.2) is 0 Å². The highest BCUT2D eigenvalue weighted by atomic mass is 35.5. The van der Waals surface area contributed by atoms with Crippen molar-refractivity contribution < 1.29 is 9.50 Å². The number of rotatable bonds is 3. The Bertz CT molecular complexity index is 374. The lowest BCUT2D eigenvalue weighted by atomic mass is 10.0. The average Bonchev–Trinajstić information content (AvgIpc) is 2.19. The van der Waals surface area contributed by atoms with Crippen LogP contribution in [0.25, 0.3) is 0 Å². The number of hydrogen-bond donors (Lipinski definition) is 1. The van der Waals surface area contributed by atoms with E-state index in [1.807, 2.05) is 0 Å². The predicted octanol–water partition coefficient (Wildman–Crippen LogP) is 3.25. The third-order valence-corrected chi connectivity index (χ3v) is 2.10. The van der Waals surface area contributed by atoms with E-state index in [4.69, 9.17) is 11.6 Å². The summed E-state index contributed by atoms with van der Waals surface area (Å²) in [7, 11) is 0. The molecule has 0 amide bonds. The Morgan fingerprint density at radius 1 is 1.57 bits per heavy atom. The summed E-state index contributed by atoms with van der Waals surface area (Å²) in [5.41, 5.74) is 0.452. The SMILES string of the molecule is C=CC(=C)C(O)c1cc(Cl)ccc1F. The van der Waals surface area contributed by atoms with Gasteiger partial charge >= 0.3 is 0 Å². The molecule has 0 radical (unpaired) electrons. The maximum absolute atomic E-state index is 13.2. The smallest absolute Gasteiger partial charge is 0.129 e. The van der Waals surface area contributed by atoms with Crippen molar-refractivity contribution in [2.24, 2.45) is 0 Å². The third kappa shape index (κ3) is 2.22. The number of aliphatic hydroxyl groups excluding tert-OH is 1. The predicted molar refractivity (Wildman–Crippen MR) is 55.7 cm³/mol. The number of hydrogen-bond acceptors (Lipinski definition) is 1. The van der Waals surface area contributed by atoms with Crippen molar-refractivity contribution in [3.05, 3.63) is 59.4 Å². The highest BCUT2D eigenvalue weighted by Crippen LogP contribution is 2.26. The van der Waals surface area contributed by atoms with Gasteiger partial charge in [-0.3, -0.25) is 0 Å². The van der Waals surface area contributed by atoms with Gasteiger partial charge < -0.3 is 5.11 Å². The van der Waals surface area contributed by atoms with Crippen molar-refractivity contribution in [1.82, 2.24) is 0 Å². The Morgan fingerprint density at radius 2 is 2.21 bits per heavy atom. The van der Waals surface area contributed by atoms with Gasteiger partial charge in [0.25, 0.3) is 0 Å². The van der Waals surface area contributed by atoms with E-state index in [0.717, 1.165) is 0 Å². The van der Waals surface area contributed by atoms with Gasteiger partial charge in [-0.1, -0.05) is 30.8 Å². The Kier molecular flexibility index (Phi) is 3.44. The topological polar surface area (TPSA) is 20.2 Å². The molecule has 14 heavy (non-hydrogen) atoms. The zero-order chi connectivity index (χ0) is 10.7. The Hall–Kier alpha value is -1.12. The fraction of sp³-hybridized carbons (Fsp3) is 0.0909. The van der Waals surface area contributed by atoms with Crippen molar-refractivity contribution in [1.29, 1.82) is 0 Å². The van der Waals surface area contributed by atoms with Crippen LogP contribution in [-0.4, -0.2) is 5.11 Å². The van der Waals surface area contributed by atoms with Crippen LogP contribution in [0.15, 0.2) is 43.0 Å². The van der Waals surface area contributed by atoms with Crippen molar-refractivity contribution in [3.8, 4) is 0 Å². The zero-order valence-corrected chi connectivity index (χ0v) is 8.26. The minimum Gasteiger partial charge on any atom is -0.384 e. The zero-order valence-electron chi connectivity index (χ0n) is 7.50. The third-order valence-electron chi connectivity index (χ3n) is 1.87. The van der Waals surface area contributed by atoms with E-state index < -0.39 is 11.9 Å². The molecule has 1 atom stereocenters. The van der Waals surface area contributed by atoms with E-state index in [1.165, 1.54) is 24.3 Å². The first kappa shape index (κ1) is 11.0. The van der Waals surface area contributed by atoms with Crippen molar-refractivity contribution >= 4 is 11.6 Å². The molecule has 3 heteroatoms. The van der Waals surface area contributed by atoms with E-state index >= 15 is 0 Å². The van der Waals surface area contributed by atoms with Gasteiger partial charge in [-0.05, 0) is 23.8 Å². The van der Waals surface area contributed by atoms with E-state index in [9.17, 15) is 9.50 Å². The fourth-order valence-electron chi connectivity index (χ4n) is 1.04. The summed E-state index contributed by atoms with van der Waals surface area (Å²) < 4.78 is 13.2. The maximum atomic E-state index is 13.2. The van der Waals surface area contributed by atoms with Crippen molar-refractivity contribution in [2.45, 2.75) is 6.10 Å². The number of aliphatic hydroxyl groups is 1. The molecule has 1 aromatic carbocycles. The van der Waals surface area contributed by atoms with Crippen LogP contribution in [0.1, 0.15) is 11.7 Å². The Morgan fingerprint density at radius 3 is 2.79 bits per heavy atom. The van der Waals surface area contributed by atoms with E-state index in [2.05, 4.69) is 13.2 Å². The van der Waals surface area contributed by atoms with Gasteiger partial charge in [0.05, 0.1) is 0 Å². The van der Waals surface area contributed by atoms with Crippen LogP contribution in [0, 0.1) is 5.82 Å². The standard InChI is InChI=1S/C11H10ClFO/c1-3-7(2)11(14)9-6-8(12)4-5-10(9)13/h3-6,11,14H,1-2H2. The van der Waals surface area contributed by atoms with Gasteiger partial charge in [0, 0.05) is 10.6 Å². The van der Waals surface area contributed by atoms with Crippen LogP contribution in [0.2, 0.25) is 5.02 Å². The summed E-state index contributed by atoms with van der Waals surface area (Å²) in [5, 5.41) is 10.00. The Balaban J connectivity index is 3.11. The first-order valence-corrected chi connectivity index (χ1v) is 4.38. The van der Waals surface area contributed by atoms with Gasteiger partial charge in [0.2, 0.25) is 0 Å². The Labute approximate surface area is 87.1 Å². The molecule has 0 saturated carbocycles. The van der Waals surface area contributed by atoms with Crippen LogP contribution in [0.5, 0.6) is 0 Å². The van der Waals surface area contributed by atoms with E-state index in [0.29, 0.717) is 10.6 Å². The summed E-state index contributed by atoms with van der Waals surface area (Å²) in [6.45, 7) is 6.99. The van der Waals surface area contributed by atoms with Crippen LogP contribution in [-0.2, 0) is 0 Å². The van der Waals surface area contributed by atoms with Crippen LogP contribution in [0.3, 0.4) is 0 Å². The molecular weight excluding hydrogens is 203 g/mol. The first-order valence-electron chi connectivity index (χ1n) is 4.00. The lowest BCUT2D eigenvalue weighted by Gasteiger charge is -2.12. The summed E-state index contributed by atoms with van der Waals surface area (Å²) >= 11 is 5.68. The van der Waals surface area contributed by atoms with Crippen LogP contribution in [0.4, 0.5) is 4.39 Å². The largest absolute Gasteiger partial charge is 0.384 e. The molecule has 0 heterocycles. The molecule has 1 N–H and O–H groups in total. The van der Waals surface area contributed by atoms with Crippen LogP contribution < -0.4 is 0 Å². The molecule has 0 aliphatic carbocycles. The maximum Gasteiger partial charge on any atom is 0.129 e. The van der Waals surface area contributed by atoms with Gasteiger partial charge in [-0.2, -0.15) is 0 Å². The monoisotopic (exact) mass is 212 g/mol. The van der Waals surface area contributed by atoms with Crippen LogP contribution >= 0.6 is 11.6 Å². The minimum absolute atomic E-state index is 0.113. The first-order chi connectivity index (χ1) is 6.56. The normalized spacial score (nSPS) is 12.2. The molecule has 0 aliphatic heterocycles. The quantitative estimate of drug-likeness (QED) is 0.763. The van der Waals surface area contributed by atoms with Gasteiger partial charge in [-0.15, -0.1) is 0 Å². The molecule has 1 rings (SSSR count).